The van der Waals surface area contributed by atoms with E-state index in [1.165, 1.54) is 23.1 Å². The van der Waals surface area contributed by atoms with E-state index in [2.05, 4.69) is 21.2 Å². The topological polar surface area (TPSA) is 86.8 Å². The highest BCUT2D eigenvalue weighted by Crippen LogP contribution is 2.30. The molecule has 0 aliphatic carbocycles. The summed E-state index contributed by atoms with van der Waals surface area (Å²) >= 11 is 15.8. The van der Waals surface area contributed by atoms with Gasteiger partial charge in [-0.3, -0.25) is 13.9 Å². The van der Waals surface area contributed by atoms with Crippen LogP contribution in [0.4, 0.5) is 5.69 Å². The van der Waals surface area contributed by atoms with E-state index in [-0.39, 0.29) is 35.6 Å². The zero-order chi connectivity index (χ0) is 28.7. The van der Waals surface area contributed by atoms with Crippen molar-refractivity contribution in [3.05, 3.63) is 98.4 Å². The van der Waals surface area contributed by atoms with E-state index in [0.29, 0.717) is 5.02 Å². The summed E-state index contributed by atoms with van der Waals surface area (Å²) in [5.74, 6) is -0.899. The van der Waals surface area contributed by atoms with Gasteiger partial charge in [0.1, 0.15) is 12.6 Å². The van der Waals surface area contributed by atoms with E-state index in [1.807, 2.05) is 68.4 Å². The second kappa shape index (κ2) is 13.7. The average molecular weight is 655 g/mol. The van der Waals surface area contributed by atoms with Gasteiger partial charge < -0.3 is 10.2 Å². The zero-order valence-electron chi connectivity index (χ0n) is 21.8. The molecule has 0 aliphatic heterocycles. The Bertz CT molecular complexity index is 1400. The molecule has 1 atom stereocenters. The molecular weight excluding hydrogens is 625 g/mol. The number of sulfonamides is 1. The number of hydrogen-bond acceptors (Lipinski definition) is 4. The van der Waals surface area contributed by atoms with Crippen LogP contribution in [0.2, 0.25) is 10.0 Å². The molecule has 208 valence electrons. The molecule has 0 radical (unpaired) electrons. The molecule has 0 bridgehead atoms. The summed E-state index contributed by atoms with van der Waals surface area (Å²) in [6.07, 6.45) is 1.24. The molecule has 0 spiro atoms. The van der Waals surface area contributed by atoms with Crippen LogP contribution in [0.3, 0.4) is 0 Å². The van der Waals surface area contributed by atoms with Gasteiger partial charge in [-0.05, 0) is 55.3 Å². The van der Waals surface area contributed by atoms with Gasteiger partial charge in [-0.25, -0.2) is 8.42 Å². The van der Waals surface area contributed by atoms with Gasteiger partial charge in [-0.15, -0.1) is 0 Å². The van der Waals surface area contributed by atoms with Crippen LogP contribution in [0.25, 0.3) is 0 Å². The minimum absolute atomic E-state index is 0.0820. The van der Waals surface area contributed by atoms with Crippen LogP contribution in [0.1, 0.15) is 25.0 Å². The number of carbonyl (C=O) groups excluding carboxylic acids is 2. The van der Waals surface area contributed by atoms with Crippen molar-refractivity contribution in [3.8, 4) is 0 Å². The van der Waals surface area contributed by atoms with Crippen molar-refractivity contribution in [2.24, 2.45) is 0 Å². The molecule has 39 heavy (non-hydrogen) atoms. The van der Waals surface area contributed by atoms with Crippen LogP contribution >= 0.6 is 39.1 Å². The summed E-state index contributed by atoms with van der Waals surface area (Å²) in [7, 11) is -3.93. The molecule has 0 heterocycles. The Hall–Kier alpha value is -2.59. The molecule has 0 aromatic heterocycles. The maximum atomic E-state index is 14.0. The van der Waals surface area contributed by atoms with Crippen molar-refractivity contribution in [3.63, 3.8) is 0 Å². The third-order valence-corrected chi connectivity index (χ3v) is 8.02. The minimum atomic E-state index is -3.93. The van der Waals surface area contributed by atoms with Crippen LogP contribution in [0, 0.1) is 0 Å². The molecule has 7 nitrogen and oxygen atoms in total. The fourth-order valence-electron chi connectivity index (χ4n) is 4.00. The Morgan fingerprint density at radius 2 is 1.59 bits per heavy atom. The second-order valence-corrected chi connectivity index (χ2v) is 13.0. The van der Waals surface area contributed by atoms with Crippen LogP contribution in [0.15, 0.2) is 77.3 Å². The minimum Gasteiger partial charge on any atom is -0.352 e. The second-order valence-electron chi connectivity index (χ2n) is 9.38. The number of rotatable bonds is 11. The number of anilines is 1. The van der Waals surface area contributed by atoms with E-state index >= 15 is 0 Å². The molecule has 3 aromatic rings. The number of benzene rings is 3. The lowest BCUT2D eigenvalue weighted by Crippen LogP contribution is -2.54. The normalized spacial score (nSPS) is 12.2. The Labute approximate surface area is 248 Å². The fraction of sp³-hybridized carbons (Fsp3) is 0.286. The molecule has 3 aromatic carbocycles. The highest BCUT2D eigenvalue weighted by atomic mass is 79.9. The standard InChI is InChI=1S/C28H30BrCl2N3O4S/c1-19(2)32-28(36)26(15-20-7-5-4-6-8-20)33(17-21-9-11-22(29)12-10-21)27(35)18-34(39(3,37)38)25-14-13-23(30)16-24(25)31/h4-14,16,19,26H,15,17-18H2,1-3H3,(H,32,36). The van der Waals surface area contributed by atoms with Gasteiger partial charge in [0.05, 0.1) is 17.0 Å². The molecule has 0 fully saturated rings. The molecule has 2 amide bonds. The van der Waals surface area contributed by atoms with Crippen LogP contribution in [0.5, 0.6) is 0 Å². The lowest BCUT2D eigenvalue weighted by atomic mass is 10.0. The summed E-state index contributed by atoms with van der Waals surface area (Å²) in [5.41, 5.74) is 1.75. The molecule has 0 saturated heterocycles. The van der Waals surface area contributed by atoms with Gasteiger partial charge in [0.15, 0.2) is 0 Å². The van der Waals surface area contributed by atoms with Gasteiger partial charge in [0.2, 0.25) is 21.8 Å². The van der Waals surface area contributed by atoms with E-state index < -0.39 is 28.5 Å². The van der Waals surface area contributed by atoms with E-state index in [0.717, 1.165) is 26.2 Å². The maximum absolute atomic E-state index is 14.0. The third kappa shape index (κ3) is 8.96. The Kier molecular flexibility index (Phi) is 10.8. The molecule has 0 saturated carbocycles. The molecule has 11 heteroatoms. The Morgan fingerprint density at radius 3 is 2.15 bits per heavy atom. The van der Waals surface area contributed by atoms with Gasteiger partial charge in [-0.1, -0.05) is 81.6 Å². The summed E-state index contributed by atoms with van der Waals surface area (Å²) in [5, 5.41) is 3.33. The highest BCUT2D eigenvalue weighted by Gasteiger charge is 2.33. The SMILES string of the molecule is CC(C)NC(=O)C(Cc1ccccc1)N(Cc1ccc(Br)cc1)C(=O)CN(c1ccc(Cl)cc1Cl)S(C)(=O)=O. The van der Waals surface area contributed by atoms with E-state index in [4.69, 9.17) is 23.2 Å². The molecule has 1 unspecified atom stereocenters. The number of nitrogens with one attached hydrogen (secondary N) is 1. The molecular formula is C28H30BrCl2N3O4S. The summed E-state index contributed by atoms with van der Waals surface area (Å²) in [6.45, 7) is 3.20. The number of hydrogen-bond donors (Lipinski definition) is 1. The quantitative estimate of drug-likeness (QED) is 0.288. The number of amides is 2. The number of halogens is 3. The van der Waals surface area contributed by atoms with Crippen molar-refractivity contribution in [1.29, 1.82) is 0 Å². The smallest absolute Gasteiger partial charge is 0.244 e. The molecule has 3 rings (SSSR count). The molecule has 1 N–H and O–H groups in total. The van der Waals surface area contributed by atoms with Gasteiger partial charge >= 0.3 is 0 Å². The van der Waals surface area contributed by atoms with Crippen molar-refractivity contribution >= 4 is 66.7 Å². The first-order valence-corrected chi connectivity index (χ1v) is 15.6. The van der Waals surface area contributed by atoms with Gasteiger partial charge in [0.25, 0.3) is 0 Å². The van der Waals surface area contributed by atoms with Crippen molar-refractivity contribution in [2.45, 2.75) is 38.9 Å². The summed E-state index contributed by atoms with van der Waals surface area (Å²) in [6, 6.07) is 20.0. The van der Waals surface area contributed by atoms with Gasteiger partial charge in [-0.2, -0.15) is 0 Å². The average Bonchev–Trinajstić information content (AvgIpc) is 2.85. The first-order valence-electron chi connectivity index (χ1n) is 12.2. The van der Waals surface area contributed by atoms with E-state index in [9.17, 15) is 18.0 Å². The van der Waals surface area contributed by atoms with Crippen molar-refractivity contribution in [1.82, 2.24) is 10.2 Å². The van der Waals surface area contributed by atoms with E-state index in [1.54, 1.807) is 0 Å². The van der Waals surface area contributed by atoms with Crippen LogP contribution in [-0.4, -0.2) is 50.0 Å². The fourth-order valence-corrected chi connectivity index (χ4v) is 5.69. The largest absolute Gasteiger partial charge is 0.352 e. The van der Waals surface area contributed by atoms with Gasteiger partial charge in [0, 0.05) is 28.5 Å². The number of carbonyl (C=O) groups is 2. The first kappa shape index (κ1) is 30.9. The maximum Gasteiger partial charge on any atom is 0.244 e. The monoisotopic (exact) mass is 653 g/mol. The lowest BCUT2D eigenvalue weighted by molar-refractivity contribution is -0.140. The lowest BCUT2D eigenvalue weighted by Gasteiger charge is -2.34. The predicted octanol–water partition coefficient (Wildman–Crippen LogP) is 5.69. The predicted molar refractivity (Wildman–Crippen MR) is 161 cm³/mol. The molecule has 0 aliphatic rings. The Morgan fingerprint density at radius 1 is 0.949 bits per heavy atom. The van der Waals surface area contributed by atoms with Crippen LogP contribution < -0.4 is 9.62 Å². The van der Waals surface area contributed by atoms with Crippen molar-refractivity contribution in [2.75, 3.05) is 17.1 Å². The van der Waals surface area contributed by atoms with Crippen molar-refractivity contribution < 1.29 is 18.0 Å². The summed E-state index contributed by atoms with van der Waals surface area (Å²) in [4.78, 5) is 28.9. The number of nitrogens with zero attached hydrogens (tertiary/aromatic N) is 2. The Balaban J connectivity index is 2.07. The summed E-state index contributed by atoms with van der Waals surface area (Å²) < 4.78 is 27.5. The van der Waals surface area contributed by atoms with Crippen LogP contribution in [-0.2, 0) is 32.6 Å². The third-order valence-electron chi connectivity index (χ3n) is 5.83. The zero-order valence-corrected chi connectivity index (χ0v) is 25.7. The highest BCUT2D eigenvalue weighted by molar-refractivity contribution is 9.10. The first-order chi connectivity index (χ1) is 18.3.